The first kappa shape index (κ1) is 14.7. The normalized spacial score (nSPS) is 10.9. The molecule has 0 aromatic carbocycles. The zero-order chi connectivity index (χ0) is 13.5. The average molecular weight is 252 g/mol. The summed E-state index contributed by atoms with van der Waals surface area (Å²) >= 11 is 0. The van der Waals surface area contributed by atoms with Crippen molar-refractivity contribution in [1.82, 2.24) is 14.9 Å². The molecule has 1 heterocycles. The summed E-state index contributed by atoms with van der Waals surface area (Å²) in [6, 6.07) is 0.457. The minimum atomic E-state index is -0.00797. The number of hydrogen-bond donors (Lipinski definition) is 1. The van der Waals surface area contributed by atoms with Crippen LogP contribution in [0.15, 0.2) is 17.2 Å². The Balaban J connectivity index is 2.70. The average Bonchev–Trinajstić information content (AvgIpc) is 2.31. The number of anilines is 1. The highest BCUT2D eigenvalue weighted by atomic mass is 16.1. The summed E-state index contributed by atoms with van der Waals surface area (Å²) in [5, 5.41) is 3.33. The molecule has 1 aromatic rings. The molecule has 5 nitrogen and oxygen atoms in total. The number of hydrogen-bond acceptors (Lipinski definition) is 4. The molecule has 0 saturated carbocycles. The van der Waals surface area contributed by atoms with Crippen molar-refractivity contribution < 1.29 is 0 Å². The Labute approximate surface area is 109 Å². The zero-order valence-corrected chi connectivity index (χ0v) is 11.8. The Bertz CT molecular complexity index is 414. The molecular formula is C13H24N4O. The molecule has 1 aromatic heterocycles. The van der Waals surface area contributed by atoms with E-state index in [-0.39, 0.29) is 5.56 Å². The van der Waals surface area contributed by atoms with E-state index < -0.39 is 0 Å². The van der Waals surface area contributed by atoms with E-state index >= 15 is 0 Å². The van der Waals surface area contributed by atoms with Crippen LogP contribution < -0.4 is 15.8 Å². The van der Waals surface area contributed by atoms with Crippen LogP contribution >= 0.6 is 0 Å². The highest BCUT2D eigenvalue weighted by Gasteiger charge is 2.09. The van der Waals surface area contributed by atoms with E-state index in [1.54, 1.807) is 17.0 Å². The summed E-state index contributed by atoms with van der Waals surface area (Å²) < 4.78 is 1.72. The Hall–Kier alpha value is -1.36. The van der Waals surface area contributed by atoms with Gasteiger partial charge in [0.25, 0.3) is 5.56 Å². The second-order valence-corrected chi connectivity index (χ2v) is 4.78. The molecule has 102 valence electrons. The molecule has 0 aliphatic carbocycles. The van der Waals surface area contributed by atoms with Gasteiger partial charge in [0.2, 0.25) is 0 Å². The molecule has 0 saturated heterocycles. The van der Waals surface area contributed by atoms with Gasteiger partial charge < -0.3 is 14.8 Å². The molecule has 0 spiro atoms. The molecule has 0 atom stereocenters. The number of rotatable bonds is 7. The Morgan fingerprint density at radius 3 is 2.83 bits per heavy atom. The van der Waals surface area contributed by atoms with Gasteiger partial charge in [-0.25, -0.2) is 4.98 Å². The van der Waals surface area contributed by atoms with Crippen molar-refractivity contribution in [3.63, 3.8) is 0 Å². The first-order chi connectivity index (χ1) is 8.56. The van der Waals surface area contributed by atoms with Crippen LogP contribution in [0.4, 0.5) is 5.82 Å². The number of aromatic nitrogens is 2. The van der Waals surface area contributed by atoms with E-state index in [9.17, 15) is 4.79 Å². The maximum Gasteiger partial charge on any atom is 0.293 e. The molecule has 1 N–H and O–H groups in total. The van der Waals surface area contributed by atoms with Gasteiger partial charge in [0.15, 0.2) is 5.82 Å². The summed E-state index contributed by atoms with van der Waals surface area (Å²) in [7, 11) is 1.90. The van der Waals surface area contributed by atoms with E-state index in [0.717, 1.165) is 26.1 Å². The first-order valence-electron chi connectivity index (χ1n) is 6.56. The van der Waals surface area contributed by atoms with Crippen LogP contribution in [0.5, 0.6) is 0 Å². The lowest BCUT2D eigenvalue weighted by Crippen LogP contribution is -2.36. The summed E-state index contributed by atoms with van der Waals surface area (Å²) in [5.41, 5.74) is -0.00797. The quantitative estimate of drug-likeness (QED) is 0.789. The number of nitrogens with zero attached hydrogens (tertiary/aromatic N) is 3. The molecule has 0 unspecified atom stereocenters. The van der Waals surface area contributed by atoms with Crippen LogP contribution in [0.1, 0.15) is 27.2 Å². The standard InChI is InChI=1S/C13H24N4O/c1-5-8-17-10-7-15-12(13(17)18)16(4)9-6-14-11(2)3/h7,10-11,14H,5-6,8-9H2,1-4H3. The van der Waals surface area contributed by atoms with Crippen molar-refractivity contribution in [1.29, 1.82) is 0 Å². The molecule has 18 heavy (non-hydrogen) atoms. The van der Waals surface area contributed by atoms with Gasteiger partial charge >= 0.3 is 0 Å². The van der Waals surface area contributed by atoms with E-state index in [2.05, 4.69) is 31.1 Å². The lowest BCUT2D eigenvalue weighted by molar-refractivity contribution is 0.585. The van der Waals surface area contributed by atoms with Crippen molar-refractivity contribution in [3.8, 4) is 0 Å². The van der Waals surface area contributed by atoms with Crippen molar-refractivity contribution in [2.24, 2.45) is 0 Å². The summed E-state index contributed by atoms with van der Waals surface area (Å²) in [6.07, 6.45) is 4.39. The number of aryl methyl sites for hydroxylation is 1. The first-order valence-corrected chi connectivity index (χ1v) is 6.56. The van der Waals surface area contributed by atoms with Crippen LogP contribution in [0, 0.1) is 0 Å². The maximum absolute atomic E-state index is 12.1. The topological polar surface area (TPSA) is 50.2 Å². The van der Waals surface area contributed by atoms with Crippen LogP contribution in [0.2, 0.25) is 0 Å². The summed E-state index contributed by atoms with van der Waals surface area (Å²) in [6.45, 7) is 8.63. The van der Waals surface area contributed by atoms with Crippen LogP contribution in [0.25, 0.3) is 0 Å². The smallest absolute Gasteiger partial charge is 0.293 e. The fraction of sp³-hybridized carbons (Fsp3) is 0.692. The maximum atomic E-state index is 12.1. The molecule has 0 aliphatic heterocycles. The minimum Gasteiger partial charge on any atom is -0.354 e. The van der Waals surface area contributed by atoms with Gasteiger partial charge in [-0.3, -0.25) is 4.79 Å². The third-order valence-electron chi connectivity index (χ3n) is 2.72. The largest absolute Gasteiger partial charge is 0.354 e. The number of likely N-dealkylation sites (N-methyl/N-ethyl adjacent to an activating group) is 1. The Kier molecular flexibility index (Phi) is 5.85. The molecule has 0 aliphatic rings. The Morgan fingerprint density at radius 1 is 1.50 bits per heavy atom. The second-order valence-electron chi connectivity index (χ2n) is 4.78. The van der Waals surface area contributed by atoms with Gasteiger partial charge in [-0.05, 0) is 6.42 Å². The molecular weight excluding hydrogens is 228 g/mol. The fourth-order valence-electron chi connectivity index (χ4n) is 1.74. The SMILES string of the molecule is CCCn1ccnc(N(C)CCNC(C)C)c1=O. The lowest BCUT2D eigenvalue weighted by atomic mass is 10.4. The van der Waals surface area contributed by atoms with Gasteiger partial charge in [0.1, 0.15) is 0 Å². The minimum absolute atomic E-state index is 0.00797. The Morgan fingerprint density at radius 2 is 2.22 bits per heavy atom. The third kappa shape index (κ3) is 4.14. The molecule has 1 rings (SSSR count). The van der Waals surface area contributed by atoms with Crippen molar-refractivity contribution in [3.05, 3.63) is 22.7 Å². The van der Waals surface area contributed by atoms with Gasteiger partial charge in [-0.15, -0.1) is 0 Å². The van der Waals surface area contributed by atoms with E-state index in [4.69, 9.17) is 0 Å². The second kappa shape index (κ2) is 7.16. The van der Waals surface area contributed by atoms with E-state index in [0.29, 0.717) is 11.9 Å². The molecule has 5 heteroatoms. The zero-order valence-electron chi connectivity index (χ0n) is 11.8. The predicted molar refractivity (Wildman–Crippen MR) is 75.2 cm³/mol. The highest BCUT2D eigenvalue weighted by molar-refractivity contribution is 5.34. The van der Waals surface area contributed by atoms with Gasteiger partial charge in [-0.2, -0.15) is 0 Å². The highest BCUT2D eigenvalue weighted by Crippen LogP contribution is 2.00. The van der Waals surface area contributed by atoms with Crippen LogP contribution in [-0.2, 0) is 6.54 Å². The van der Waals surface area contributed by atoms with E-state index in [1.165, 1.54) is 0 Å². The predicted octanol–water partition coefficient (Wildman–Crippen LogP) is 1.09. The summed E-state index contributed by atoms with van der Waals surface area (Å²) in [5.74, 6) is 0.525. The van der Waals surface area contributed by atoms with Gasteiger partial charge in [0, 0.05) is 45.1 Å². The lowest BCUT2D eigenvalue weighted by Gasteiger charge is -2.19. The van der Waals surface area contributed by atoms with Crippen molar-refractivity contribution in [2.45, 2.75) is 39.8 Å². The van der Waals surface area contributed by atoms with Crippen molar-refractivity contribution >= 4 is 5.82 Å². The van der Waals surface area contributed by atoms with E-state index in [1.807, 2.05) is 11.9 Å². The monoisotopic (exact) mass is 252 g/mol. The summed E-state index contributed by atoms with van der Waals surface area (Å²) in [4.78, 5) is 18.2. The van der Waals surface area contributed by atoms with Crippen LogP contribution in [-0.4, -0.2) is 35.7 Å². The van der Waals surface area contributed by atoms with Crippen LogP contribution in [0.3, 0.4) is 0 Å². The molecule has 0 amide bonds. The molecule has 0 bridgehead atoms. The third-order valence-corrected chi connectivity index (χ3v) is 2.72. The van der Waals surface area contributed by atoms with Gasteiger partial charge in [-0.1, -0.05) is 20.8 Å². The van der Waals surface area contributed by atoms with Gasteiger partial charge in [0.05, 0.1) is 0 Å². The number of nitrogens with one attached hydrogen (secondary N) is 1. The molecule has 0 fully saturated rings. The van der Waals surface area contributed by atoms with Crippen molar-refractivity contribution in [2.75, 3.05) is 25.0 Å². The molecule has 0 radical (unpaired) electrons. The fourth-order valence-corrected chi connectivity index (χ4v) is 1.74.